The lowest BCUT2D eigenvalue weighted by molar-refractivity contribution is 0.0946. The number of halogens is 2. The van der Waals surface area contributed by atoms with Gasteiger partial charge < -0.3 is 5.32 Å². The minimum atomic E-state index is -0.0838. The molecule has 1 heterocycles. The highest BCUT2D eigenvalue weighted by atomic mass is 79.9. The number of hydrogen-bond donors (Lipinski definition) is 1. The molecule has 2 rings (SSSR count). The molecule has 1 aliphatic heterocycles. The molecule has 18 heavy (non-hydrogen) atoms. The Morgan fingerprint density at radius 1 is 1.44 bits per heavy atom. The van der Waals surface area contributed by atoms with Crippen LogP contribution in [0.2, 0.25) is 5.02 Å². The summed E-state index contributed by atoms with van der Waals surface area (Å²) in [7, 11) is 0. The lowest BCUT2D eigenvalue weighted by Crippen LogP contribution is -2.31. The van der Waals surface area contributed by atoms with Crippen molar-refractivity contribution in [2.45, 2.75) is 12.8 Å². The minimum Gasteiger partial charge on any atom is -0.352 e. The van der Waals surface area contributed by atoms with Gasteiger partial charge in [-0.3, -0.25) is 4.79 Å². The molecule has 0 radical (unpaired) electrons. The molecule has 0 atom stereocenters. The van der Waals surface area contributed by atoms with Crippen molar-refractivity contribution < 1.29 is 4.79 Å². The predicted molar refractivity (Wildman–Crippen MR) is 81.5 cm³/mol. The average molecular weight is 349 g/mol. The molecule has 0 unspecified atom stereocenters. The summed E-state index contributed by atoms with van der Waals surface area (Å²) in [6, 6.07) is 5.32. The van der Waals surface area contributed by atoms with Gasteiger partial charge >= 0.3 is 0 Å². The van der Waals surface area contributed by atoms with Gasteiger partial charge in [0, 0.05) is 11.0 Å². The summed E-state index contributed by atoms with van der Waals surface area (Å²) in [5.74, 6) is 2.94. The third-order valence-electron chi connectivity index (χ3n) is 3.07. The second kappa shape index (κ2) is 6.83. The fraction of sp³-hybridized carbons (Fsp3) is 0.462. The van der Waals surface area contributed by atoms with Crippen LogP contribution >= 0.6 is 39.3 Å². The Hall–Kier alpha value is -0.190. The normalized spacial score (nSPS) is 16.6. The fourth-order valence-electron chi connectivity index (χ4n) is 1.95. The van der Waals surface area contributed by atoms with Crippen LogP contribution in [0.15, 0.2) is 22.7 Å². The summed E-state index contributed by atoms with van der Waals surface area (Å²) in [6.07, 6.45) is 2.38. The summed E-state index contributed by atoms with van der Waals surface area (Å²) in [5, 5.41) is 3.48. The molecule has 0 aromatic heterocycles. The Morgan fingerprint density at radius 2 is 2.17 bits per heavy atom. The standard InChI is InChI=1S/C13H15BrClNOS/c14-10-1-2-12(15)11(7-10)13(17)16-8-9-3-5-18-6-4-9/h1-2,7,9H,3-6,8H2,(H,16,17). The van der Waals surface area contributed by atoms with Gasteiger partial charge in [-0.15, -0.1) is 0 Å². The van der Waals surface area contributed by atoms with Crippen molar-refractivity contribution in [1.29, 1.82) is 0 Å². The molecule has 1 saturated heterocycles. The largest absolute Gasteiger partial charge is 0.352 e. The van der Waals surface area contributed by atoms with E-state index in [4.69, 9.17) is 11.6 Å². The van der Waals surface area contributed by atoms with E-state index in [1.807, 2.05) is 17.8 Å². The number of rotatable bonds is 3. The monoisotopic (exact) mass is 347 g/mol. The van der Waals surface area contributed by atoms with Crippen LogP contribution < -0.4 is 5.32 Å². The Morgan fingerprint density at radius 3 is 2.89 bits per heavy atom. The number of carbonyl (C=O) groups is 1. The highest BCUT2D eigenvalue weighted by Crippen LogP contribution is 2.23. The minimum absolute atomic E-state index is 0.0838. The molecule has 1 fully saturated rings. The number of carbonyl (C=O) groups excluding carboxylic acids is 1. The second-order valence-corrected chi connectivity index (χ2v) is 6.94. The maximum Gasteiger partial charge on any atom is 0.252 e. The van der Waals surface area contributed by atoms with Crippen LogP contribution in [0.5, 0.6) is 0 Å². The van der Waals surface area contributed by atoms with Crippen LogP contribution in [0.1, 0.15) is 23.2 Å². The van der Waals surface area contributed by atoms with Crippen molar-refractivity contribution >= 4 is 45.2 Å². The fourth-order valence-corrected chi connectivity index (χ4v) is 3.72. The van der Waals surface area contributed by atoms with E-state index in [0.29, 0.717) is 16.5 Å². The first-order chi connectivity index (χ1) is 8.66. The van der Waals surface area contributed by atoms with Crippen molar-refractivity contribution in [3.8, 4) is 0 Å². The first kappa shape index (κ1) is 14.2. The van der Waals surface area contributed by atoms with Crippen molar-refractivity contribution in [2.75, 3.05) is 18.1 Å². The molecule has 0 spiro atoms. The van der Waals surface area contributed by atoms with E-state index < -0.39 is 0 Å². The summed E-state index contributed by atoms with van der Waals surface area (Å²) < 4.78 is 0.867. The van der Waals surface area contributed by atoms with Gasteiger partial charge in [0.05, 0.1) is 10.6 Å². The van der Waals surface area contributed by atoms with E-state index in [0.717, 1.165) is 11.0 Å². The Bertz CT molecular complexity index is 435. The number of benzene rings is 1. The van der Waals surface area contributed by atoms with Crippen molar-refractivity contribution in [1.82, 2.24) is 5.32 Å². The van der Waals surface area contributed by atoms with Crippen molar-refractivity contribution in [3.63, 3.8) is 0 Å². The number of hydrogen-bond acceptors (Lipinski definition) is 2. The topological polar surface area (TPSA) is 29.1 Å². The molecule has 0 saturated carbocycles. The first-order valence-electron chi connectivity index (χ1n) is 5.98. The highest BCUT2D eigenvalue weighted by molar-refractivity contribution is 9.10. The first-order valence-corrected chi connectivity index (χ1v) is 8.30. The summed E-state index contributed by atoms with van der Waals surface area (Å²) in [4.78, 5) is 12.0. The molecule has 0 bridgehead atoms. The van der Waals surface area contributed by atoms with E-state index in [-0.39, 0.29) is 5.91 Å². The molecule has 0 aliphatic carbocycles. The summed E-state index contributed by atoms with van der Waals surface area (Å²) in [5.41, 5.74) is 0.538. The molecule has 2 nitrogen and oxygen atoms in total. The Kier molecular flexibility index (Phi) is 5.39. The number of nitrogens with one attached hydrogen (secondary N) is 1. The molecule has 98 valence electrons. The number of thioether (sulfide) groups is 1. The molecule has 1 amide bonds. The lowest BCUT2D eigenvalue weighted by Gasteiger charge is -2.21. The van der Waals surface area contributed by atoms with Crippen LogP contribution in [-0.2, 0) is 0 Å². The van der Waals surface area contributed by atoms with Crippen LogP contribution in [0.4, 0.5) is 0 Å². The number of amides is 1. The van der Waals surface area contributed by atoms with E-state index >= 15 is 0 Å². The zero-order valence-electron chi connectivity index (χ0n) is 9.92. The smallest absolute Gasteiger partial charge is 0.252 e. The SMILES string of the molecule is O=C(NCC1CCSCC1)c1cc(Br)ccc1Cl. The zero-order chi connectivity index (χ0) is 13.0. The van der Waals surface area contributed by atoms with Crippen molar-refractivity contribution in [3.05, 3.63) is 33.3 Å². The molecular weight excluding hydrogens is 334 g/mol. The van der Waals surface area contributed by atoms with Crippen molar-refractivity contribution in [2.24, 2.45) is 5.92 Å². The average Bonchev–Trinajstić information content (AvgIpc) is 2.40. The molecule has 1 aromatic carbocycles. The van der Waals surface area contributed by atoms with Gasteiger partial charge in [-0.25, -0.2) is 0 Å². The molecule has 1 N–H and O–H groups in total. The summed E-state index contributed by atoms with van der Waals surface area (Å²) >= 11 is 11.4. The van der Waals surface area contributed by atoms with Gasteiger partial charge in [0.1, 0.15) is 0 Å². The van der Waals surface area contributed by atoms with E-state index in [1.165, 1.54) is 24.3 Å². The predicted octanol–water partition coefficient (Wildman–Crippen LogP) is 3.98. The van der Waals surface area contributed by atoms with Gasteiger partial charge in [0.15, 0.2) is 0 Å². The van der Waals surface area contributed by atoms with Gasteiger partial charge in [-0.05, 0) is 48.5 Å². The highest BCUT2D eigenvalue weighted by Gasteiger charge is 2.16. The van der Waals surface area contributed by atoms with Crippen LogP contribution in [-0.4, -0.2) is 24.0 Å². The van der Waals surface area contributed by atoms with Gasteiger partial charge in [-0.1, -0.05) is 27.5 Å². The zero-order valence-corrected chi connectivity index (χ0v) is 13.1. The third-order valence-corrected chi connectivity index (χ3v) is 4.94. The molecule has 5 heteroatoms. The van der Waals surface area contributed by atoms with Crippen LogP contribution in [0.3, 0.4) is 0 Å². The van der Waals surface area contributed by atoms with E-state index in [9.17, 15) is 4.79 Å². The van der Waals surface area contributed by atoms with Gasteiger partial charge in [0.2, 0.25) is 0 Å². The van der Waals surface area contributed by atoms with E-state index in [2.05, 4.69) is 21.2 Å². The molecule has 1 aliphatic rings. The van der Waals surface area contributed by atoms with Gasteiger partial charge in [-0.2, -0.15) is 11.8 Å². The lowest BCUT2D eigenvalue weighted by atomic mass is 10.0. The second-order valence-electron chi connectivity index (χ2n) is 4.39. The quantitative estimate of drug-likeness (QED) is 0.895. The maximum atomic E-state index is 12.0. The van der Waals surface area contributed by atoms with E-state index in [1.54, 1.807) is 12.1 Å². The maximum absolute atomic E-state index is 12.0. The Balaban J connectivity index is 1.92. The van der Waals surface area contributed by atoms with Crippen LogP contribution in [0, 0.1) is 5.92 Å². The van der Waals surface area contributed by atoms with Gasteiger partial charge in [0.25, 0.3) is 5.91 Å². The summed E-state index contributed by atoms with van der Waals surface area (Å²) in [6.45, 7) is 0.752. The Labute approximate surface area is 125 Å². The van der Waals surface area contributed by atoms with Crippen LogP contribution in [0.25, 0.3) is 0 Å². The molecule has 1 aromatic rings. The third kappa shape index (κ3) is 3.90. The molecular formula is C13H15BrClNOS.